The highest BCUT2D eigenvalue weighted by Crippen LogP contribution is 2.24. The number of ether oxygens (including phenoxy) is 1. The molecular weight excluding hydrogens is 354 g/mol. The van der Waals surface area contributed by atoms with Gasteiger partial charge in [0.25, 0.3) is 11.8 Å². The van der Waals surface area contributed by atoms with Crippen molar-refractivity contribution in [2.45, 2.75) is 31.8 Å². The quantitative estimate of drug-likeness (QED) is 0.819. The molecule has 2 fully saturated rings. The van der Waals surface area contributed by atoms with Gasteiger partial charge in [0.2, 0.25) is 5.88 Å². The van der Waals surface area contributed by atoms with Crippen molar-refractivity contribution >= 4 is 11.8 Å². The standard InChI is InChI=1S/C22H25N3O3/c26-21(17-8-3-1-4-9-17)25-15-11-18(16-25)28-20-19(10-7-12-23-20)22(27)24-13-5-2-6-14-24/h1,3-4,7-10,12,18H,2,5-6,11,13-16H2. The fraction of sp³-hybridized carbons (Fsp3) is 0.409. The molecule has 0 N–H and O–H groups in total. The topological polar surface area (TPSA) is 62.7 Å². The normalized spacial score (nSPS) is 19.5. The van der Waals surface area contributed by atoms with Crippen LogP contribution in [0.15, 0.2) is 48.7 Å². The summed E-state index contributed by atoms with van der Waals surface area (Å²) in [7, 11) is 0. The van der Waals surface area contributed by atoms with Gasteiger partial charge in [-0.2, -0.15) is 0 Å². The van der Waals surface area contributed by atoms with Crippen LogP contribution in [-0.2, 0) is 0 Å². The van der Waals surface area contributed by atoms with E-state index in [1.54, 1.807) is 23.2 Å². The molecular formula is C22H25N3O3. The highest BCUT2D eigenvalue weighted by Gasteiger charge is 2.30. The fourth-order valence-electron chi connectivity index (χ4n) is 3.84. The third-order valence-corrected chi connectivity index (χ3v) is 5.38. The number of hydrogen-bond acceptors (Lipinski definition) is 4. The minimum absolute atomic E-state index is 0.0114. The van der Waals surface area contributed by atoms with Crippen molar-refractivity contribution in [1.82, 2.24) is 14.8 Å². The van der Waals surface area contributed by atoms with E-state index in [1.807, 2.05) is 35.2 Å². The van der Waals surface area contributed by atoms with Crippen LogP contribution in [0.3, 0.4) is 0 Å². The van der Waals surface area contributed by atoms with E-state index in [2.05, 4.69) is 4.98 Å². The van der Waals surface area contributed by atoms with Crippen LogP contribution in [0, 0.1) is 0 Å². The van der Waals surface area contributed by atoms with E-state index >= 15 is 0 Å². The van der Waals surface area contributed by atoms with Crippen molar-refractivity contribution in [3.63, 3.8) is 0 Å². The second-order valence-corrected chi connectivity index (χ2v) is 7.35. The molecule has 2 amide bonds. The minimum atomic E-state index is -0.157. The van der Waals surface area contributed by atoms with Gasteiger partial charge in [-0.3, -0.25) is 9.59 Å². The zero-order chi connectivity index (χ0) is 19.3. The first-order valence-corrected chi connectivity index (χ1v) is 9.97. The number of hydrogen-bond donors (Lipinski definition) is 0. The summed E-state index contributed by atoms with van der Waals surface area (Å²) in [6, 6.07) is 12.8. The number of amides is 2. The summed E-state index contributed by atoms with van der Waals surface area (Å²) >= 11 is 0. The second-order valence-electron chi connectivity index (χ2n) is 7.35. The van der Waals surface area contributed by atoms with Crippen molar-refractivity contribution in [2.24, 2.45) is 0 Å². The zero-order valence-corrected chi connectivity index (χ0v) is 15.9. The first kappa shape index (κ1) is 18.5. The van der Waals surface area contributed by atoms with Gasteiger partial charge in [0.05, 0.1) is 6.54 Å². The number of aromatic nitrogens is 1. The molecule has 146 valence electrons. The van der Waals surface area contributed by atoms with E-state index in [9.17, 15) is 9.59 Å². The summed E-state index contributed by atoms with van der Waals surface area (Å²) in [6.45, 7) is 2.72. The number of pyridine rings is 1. The molecule has 0 radical (unpaired) electrons. The third-order valence-electron chi connectivity index (χ3n) is 5.38. The van der Waals surface area contributed by atoms with Gasteiger partial charge < -0.3 is 14.5 Å². The Labute approximate surface area is 165 Å². The van der Waals surface area contributed by atoms with Gasteiger partial charge in [-0.25, -0.2) is 4.98 Å². The average molecular weight is 379 g/mol. The molecule has 1 unspecified atom stereocenters. The third kappa shape index (κ3) is 4.01. The largest absolute Gasteiger partial charge is 0.472 e. The highest BCUT2D eigenvalue weighted by atomic mass is 16.5. The van der Waals surface area contributed by atoms with Gasteiger partial charge in [-0.05, 0) is 43.5 Å². The van der Waals surface area contributed by atoms with Crippen LogP contribution in [-0.4, -0.2) is 58.9 Å². The van der Waals surface area contributed by atoms with Gasteiger partial charge >= 0.3 is 0 Å². The first-order valence-electron chi connectivity index (χ1n) is 9.97. The summed E-state index contributed by atoms with van der Waals surface area (Å²) < 4.78 is 6.08. The predicted octanol–water partition coefficient (Wildman–Crippen LogP) is 3.00. The van der Waals surface area contributed by atoms with Gasteiger partial charge in [0.15, 0.2) is 0 Å². The molecule has 2 saturated heterocycles. The minimum Gasteiger partial charge on any atom is -0.472 e. The Morgan fingerprint density at radius 3 is 2.46 bits per heavy atom. The van der Waals surface area contributed by atoms with Crippen molar-refractivity contribution in [3.05, 3.63) is 59.8 Å². The van der Waals surface area contributed by atoms with Crippen LogP contribution >= 0.6 is 0 Å². The molecule has 0 saturated carbocycles. The lowest BCUT2D eigenvalue weighted by molar-refractivity contribution is 0.0708. The molecule has 6 heteroatoms. The molecule has 0 aliphatic carbocycles. The molecule has 0 spiro atoms. The predicted molar refractivity (Wildman–Crippen MR) is 105 cm³/mol. The summed E-state index contributed by atoms with van der Waals surface area (Å²) in [5, 5.41) is 0. The number of benzene rings is 1. The fourth-order valence-corrected chi connectivity index (χ4v) is 3.84. The van der Waals surface area contributed by atoms with E-state index in [-0.39, 0.29) is 17.9 Å². The average Bonchev–Trinajstić information content (AvgIpc) is 3.23. The summed E-state index contributed by atoms with van der Waals surface area (Å²) in [4.78, 5) is 33.5. The SMILES string of the molecule is O=C(c1ccccc1)N1CCC(Oc2ncccc2C(=O)N2CCCCC2)C1. The van der Waals surface area contributed by atoms with Crippen molar-refractivity contribution in [1.29, 1.82) is 0 Å². The smallest absolute Gasteiger partial charge is 0.259 e. The van der Waals surface area contributed by atoms with Crippen molar-refractivity contribution in [2.75, 3.05) is 26.2 Å². The molecule has 1 aromatic carbocycles. The van der Waals surface area contributed by atoms with Crippen LogP contribution in [0.5, 0.6) is 5.88 Å². The van der Waals surface area contributed by atoms with Gasteiger partial charge in [0.1, 0.15) is 11.7 Å². The lowest BCUT2D eigenvalue weighted by atomic mass is 10.1. The zero-order valence-electron chi connectivity index (χ0n) is 15.9. The number of nitrogens with zero attached hydrogens (tertiary/aromatic N) is 3. The van der Waals surface area contributed by atoms with Gasteiger partial charge in [0, 0.05) is 37.8 Å². The molecule has 6 nitrogen and oxygen atoms in total. The Morgan fingerprint density at radius 2 is 1.68 bits per heavy atom. The highest BCUT2D eigenvalue weighted by molar-refractivity contribution is 5.96. The maximum absolute atomic E-state index is 12.9. The van der Waals surface area contributed by atoms with Crippen LogP contribution in [0.25, 0.3) is 0 Å². The molecule has 28 heavy (non-hydrogen) atoms. The Hall–Kier alpha value is -2.89. The molecule has 1 atom stereocenters. The second kappa shape index (κ2) is 8.42. The maximum Gasteiger partial charge on any atom is 0.259 e. The van der Waals surface area contributed by atoms with Gasteiger partial charge in [-0.1, -0.05) is 18.2 Å². The summed E-state index contributed by atoms with van der Waals surface area (Å²) in [6.07, 6.45) is 5.47. The molecule has 2 aromatic rings. The van der Waals surface area contributed by atoms with E-state index < -0.39 is 0 Å². The van der Waals surface area contributed by atoms with Crippen molar-refractivity contribution in [3.8, 4) is 5.88 Å². The molecule has 4 rings (SSSR count). The number of carbonyl (C=O) groups is 2. The number of carbonyl (C=O) groups excluding carboxylic acids is 2. The number of piperidine rings is 1. The Kier molecular flexibility index (Phi) is 5.55. The molecule has 2 aliphatic heterocycles. The van der Waals surface area contributed by atoms with E-state index in [4.69, 9.17) is 4.74 Å². The molecule has 0 bridgehead atoms. The summed E-state index contributed by atoms with van der Waals surface area (Å²) in [5.74, 6) is 0.368. The van der Waals surface area contributed by atoms with Crippen molar-refractivity contribution < 1.29 is 14.3 Å². The molecule has 1 aromatic heterocycles. The van der Waals surface area contributed by atoms with Crippen LogP contribution in [0.2, 0.25) is 0 Å². The monoisotopic (exact) mass is 379 g/mol. The lowest BCUT2D eigenvalue weighted by Gasteiger charge is -2.27. The van der Waals surface area contributed by atoms with Crippen LogP contribution in [0.4, 0.5) is 0 Å². The van der Waals surface area contributed by atoms with E-state index in [1.165, 1.54) is 6.42 Å². The lowest BCUT2D eigenvalue weighted by Crippen LogP contribution is -2.36. The first-order chi connectivity index (χ1) is 13.7. The molecule has 2 aliphatic rings. The number of rotatable bonds is 4. The molecule has 3 heterocycles. The Morgan fingerprint density at radius 1 is 0.893 bits per heavy atom. The number of likely N-dealkylation sites (tertiary alicyclic amines) is 2. The maximum atomic E-state index is 12.9. The Balaban J connectivity index is 1.42. The van der Waals surface area contributed by atoms with Gasteiger partial charge in [-0.15, -0.1) is 0 Å². The van der Waals surface area contributed by atoms with E-state index in [0.717, 1.165) is 32.4 Å². The Bertz CT molecular complexity index is 834. The summed E-state index contributed by atoms with van der Waals surface area (Å²) in [5.41, 5.74) is 1.19. The van der Waals surface area contributed by atoms with Crippen LogP contribution in [0.1, 0.15) is 46.4 Å². The van der Waals surface area contributed by atoms with E-state index in [0.29, 0.717) is 30.1 Å². The van der Waals surface area contributed by atoms with Crippen LogP contribution < -0.4 is 4.74 Å².